The number of rotatable bonds is 5. The fourth-order valence-corrected chi connectivity index (χ4v) is 8.44. The molecule has 2 aromatic heterocycles. The Kier molecular flexibility index (Phi) is 7.17. The van der Waals surface area contributed by atoms with Gasteiger partial charge >= 0.3 is 0 Å². The molecule has 0 aliphatic carbocycles. The first-order valence-electron chi connectivity index (χ1n) is 18.7. The van der Waals surface area contributed by atoms with Crippen LogP contribution in [0.25, 0.3) is 105 Å². The van der Waals surface area contributed by atoms with Crippen LogP contribution >= 0.6 is 0 Å². The van der Waals surface area contributed by atoms with Gasteiger partial charge in [-0.2, -0.15) is 0 Å². The maximum Gasteiger partial charge on any atom is 0.0979 e. The van der Waals surface area contributed by atoms with Crippen molar-refractivity contribution in [2.24, 2.45) is 0 Å². The van der Waals surface area contributed by atoms with Gasteiger partial charge in [0.15, 0.2) is 0 Å². The fourth-order valence-electron chi connectivity index (χ4n) is 8.44. The predicted octanol–water partition coefficient (Wildman–Crippen LogP) is 13.7. The summed E-state index contributed by atoms with van der Waals surface area (Å²) in [5, 5.41) is 7.16. The standard InChI is InChI=1S/C52H33N3/c1-2-15-39(16-3-1)55-49-24-11-10-21-44(49)47-32-38(29-30-50(47)55)41-18-5-4-17-40(41)37-14-12-13-36(31-37)34-25-27-35(28-26-34)48-33-53-51-45-22-8-6-19-42(45)43-20-7-9-23-46(43)52(51)54-48/h1-33H. The van der Waals surface area contributed by atoms with Crippen molar-refractivity contribution in [3.8, 4) is 50.3 Å². The molecule has 256 valence electrons. The maximum atomic E-state index is 5.21. The van der Waals surface area contributed by atoms with Crippen LogP contribution < -0.4 is 0 Å². The minimum Gasteiger partial charge on any atom is -0.309 e. The molecule has 55 heavy (non-hydrogen) atoms. The van der Waals surface area contributed by atoms with E-state index in [4.69, 9.17) is 9.97 Å². The summed E-state index contributed by atoms with van der Waals surface area (Å²) in [7, 11) is 0. The van der Waals surface area contributed by atoms with Crippen LogP contribution in [0.4, 0.5) is 0 Å². The zero-order chi connectivity index (χ0) is 36.3. The van der Waals surface area contributed by atoms with Crippen molar-refractivity contribution >= 4 is 54.4 Å². The summed E-state index contributed by atoms with van der Waals surface area (Å²) in [4.78, 5) is 10.2. The number of nitrogens with zero attached hydrogens (tertiary/aromatic N) is 3. The van der Waals surface area contributed by atoms with Crippen LogP contribution in [0.3, 0.4) is 0 Å². The Morgan fingerprint density at radius 3 is 1.62 bits per heavy atom. The first-order chi connectivity index (χ1) is 27.3. The molecule has 11 rings (SSSR count). The second-order valence-electron chi connectivity index (χ2n) is 14.2. The summed E-state index contributed by atoms with van der Waals surface area (Å²) in [5.74, 6) is 0. The van der Waals surface area contributed by atoms with Gasteiger partial charge in [0.25, 0.3) is 0 Å². The average molecular weight is 700 g/mol. The quantitative estimate of drug-likeness (QED) is 0.167. The van der Waals surface area contributed by atoms with Crippen LogP contribution in [0.15, 0.2) is 200 Å². The first-order valence-corrected chi connectivity index (χ1v) is 18.7. The van der Waals surface area contributed by atoms with Gasteiger partial charge in [-0.1, -0.05) is 158 Å². The largest absolute Gasteiger partial charge is 0.309 e. The summed E-state index contributed by atoms with van der Waals surface area (Å²) in [6.45, 7) is 0. The number of hydrogen-bond acceptors (Lipinski definition) is 2. The van der Waals surface area contributed by atoms with E-state index in [1.807, 2.05) is 6.20 Å². The van der Waals surface area contributed by atoms with E-state index in [9.17, 15) is 0 Å². The van der Waals surface area contributed by atoms with Gasteiger partial charge in [-0.15, -0.1) is 0 Å². The molecule has 0 atom stereocenters. The third kappa shape index (κ3) is 5.13. The minimum absolute atomic E-state index is 0.867. The normalized spacial score (nSPS) is 11.6. The van der Waals surface area contributed by atoms with Gasteiger partial charge in [0.2, 0.25) is 0 Å². The lowest BCUT2D eigenvalue weighted by molar-refractivity contribution is 1.18. The van der Waals surface area contributed by atoms with E-state index < -0.39 is 0 Å². The highest BCUT2D eigenvalue weighted by Crippen LogP contribution is 2.39. The van der Waals surface area contributed by atoms with Gasteiger partial charge in [0, 0.05) is 32.8 Å². The van der Waals surface area contributed by atoms with E-state index in [0.29, 0.717) is 0 Å². The van der Waals surface area contributed by atoms with Gasteiger partial charge in [-0.05, 0) is 80.6 Å². The molecule has 0 fully saturated rings. The molecule has 3 nitrogen and oxygen atoms in total. The topological polar surface area (TPSA) is 30.7 Å². The minimum atomic E-state index is 0.867. The van der Waals surface area contributed by atoms with Crippen molar-refractivity contribution in [1.82, 2.24) is 14.5 Å². The Hall–Kier alpha value is -7.36. The maximum absolute atomic E-state index is 5.21. The van der Waals surface area contributed by atoms with Gasteiger partial charge in [0.1, 0.15) is 0 Å². The van der Waals surface area contributed by atoms with E-state index in [0.717, 1.165) is 38.6 Å². The number of para-hydroxylation sites is 2. The van der Waals surface area contributed by atoms with E-state index >= 15 is 0 Å². The lowest BCUT2D eigenvalue weighted by atomic mass is 9.92. The number of benzene rings is 9. The lowest BCUT2D eigenvalue weighted by Gasteiger charge is -2.13. The summed E-state index contributed by atoms with van der Waals surface area (Å²) < 4.78 is 2.37. The van der Waals surface area contributed by atoms with E-state index in [2.05, 4.69) is 199 Å². The Labute approximate surface area is 318 Å². The number of hydrogen-bond donors (Lipinski definition) is 0. The molecule has 0 spiro atoms. The number of fused-ring (bicyclic) bond motifs is 9. The Balaban J connectivity index is 0.957. The molecule has 0 radical (unpaired) electrons. The van der Waals surface area contributed by atoms with Crippen molar-refractivity contribution in [3.05, 3.63) is 200 Å². The zero-order valence-corrected chi connectivity index (χ0v) is 29.9. The smallest absolute Gasteiger partial charge is 0.0979 e. The molecule has 9 aromatic carbocycles. The van der Waals surface area contributed by atoms with Crippen molar-refractivity contribution < 1.29 is 0 Å². The molecular weight excluding hydrogens is 667 g/mol. The van der Waals surface area contributed by atoms with Gasteiger partial charge in [0.05, 0.1) is 34.0 Å². The molecule has 0 amide bonds. The molecule has 0 saturated heterocycles. The van der Waals surface area contributed by atoms with E-state index in [1.165, 1.54) is 66.1 Å². The van der Waals surface area contributed by atoms with E-state index in [1.54, 1.807) is 0 Å². The molecule has 0 saturated carbocycles. The SMILES string of the molecule is c1ccc(-n2c3ccccc3c3cc(-c4ccccc4-c4cccc(-c5ccc(-c6cnc7c8ccccc8c8ccccc8c7n6)cc5)c4)ccc32)cc1. The third-order valence-corrected chi connectivity index (χ3v) is 11.0. The molecule has 3 heteroatoms. The second-order valence-corrected chi connectivity index (χ2v) is 14.2. The molecule has 0 N–H and O–H groups in total. The molecule has 0 aliphatic heterocycles. The van der Waals surface area contributed by atoms with Crippen molar-refractivity contribution in [3.63, 3.8) is 0 Å². The zero-order valence-electron chi connectivity index (χ0n) is 29.9. The van der Waals surface area contributed by atoms with Crippen LogP contribution in [-0.4, -0.2) is 14.5 Å². The highest BCUT2D eigenvalue weighted by molar-refractivity contribution is 6.23. The highest BCUT2D eigenvalue weighted by Gasteiger charge is 2.16. The summed E-state index contributed by atoms with van der Waals surface area (Å²) in [5.41, 5.74) is 14.5. The van der Waals surface area contributed by atoms with Crippen molar-refractivity contribution in [2.75, 3.05) is 0 Å². The van der Waals surface area contributed by atoms with Gasteiger partial charge in [-0.25, -0.2) is 4.98 Å². The van der Waals surface area contributed by atoms with E-state index in [-0.39, 0.29) is 0 Å². The van der Waals surface area contributed by atoms with Crippen molar-refractivity contribution in [2.45, 2.75) is 0 Å². The molecular formula is C52H33N3. The Morgan fingerprint density at radius 2 is 0.873 bits per heavy atom. The van der Waals surface area contributed by atoms with Crippen LogP contribution in [-0.2, 0) is 0 Å². The summed E-state index contributed by atoms with van der Waals surface area (Å²) in [6.07, 6.45) is 1.91. The van der Waals surface area contributed by atoms with Crippen molar-refractivity contribution in [1.29, 1.82) is 0 Å². The number of aromatic nitrogens is 3. The molecule has 11 aromatic rings. The Bertz CT molecular complexity index is 3210. The Morgan fingerprint density at radius 1 is 0.327 bits per heavy atom. The fraction of sp³-hybridized carbons (Fsp3) is 0. The second kappa shape index (κ2) is 12.6. The summed E-state index contributed by atoms with van der Waals surface area (Å²) in [6, 6.07) is 69.6. The monoisotopic (exact) mass is 699 g/mol. The predicted molar refractivity (Wildman–Crippen MR) is 231 cm³/mol. The van der Waals surface area contributed by atoms with Crippen LogP contribution in [0.5, 0.6) is 0 Å². The first kappa shape index (κ1) is 31.2. The highest BCUT2D eigenvalue weighted by atomic mass is 15.0. The third-order valence-electron chi connectivity index (χ3n) is 11.0. The molecule has 0 bridgehead atoms. The molecule has 0 unspecified atom stereocenters. The van der Waals surface area contributed by atoms with Crippen LogP contribution in [0.2, 0.25) is 0 Å². The molecule has 2 heterocycles. The van der Waals surface area contributed by atoms with Crippen LogP contribution in [0, 0.1) is 0 Å². The van der Waals surface area contributed by atoms with Crippen LogP contribution in [0.1, 0.15) is 0 Å². The molecule has 0 aliphatic rings. The van der Waals surface area contributed by atoms with Gasteiger partial charge in [-0.3, -0.25) is 4.98 Å². The lowest BCUT2D eigenvalue weighted by Crippen LogP contribution is -1.93. The summed E-state index contributed by atoms with van der Waals surface area (Å²) >= 11 is 0. The average Bonchev–Trinajstić information content (AvgIpc) is 3.60. The van der Waals surface area contributed by atoms with Gasteiger partial charge < -0.3 is 4.57 Å².